The molecule has 0 unspecified atom stereocenters. The van der Waals surface area contributed by atoms with Crippen molar-refractivity contribution in [3.63, 3.8) is 0 Å². The lowest BCUT2D eigenvalue weighted by Crippen LogP contribution is -2.45. The van der Waals surface area contributed by atoms with Crippen molar-refractivity contribution in [2.24, 2.45) is 0 Å². The van der Waals surface area contributed by atoms with Gasteiger partial charge in [0.05, 0.1) is 26.2 Å². The summed E-state index contributed by atoms with van der Waals surface area (Å²) in [5.74, 6) is 1.09. The number of hydrogen-bond donors (Lipinski definition) is 1. The van der Waals surface area contributed by atoms with Gasteiger partial charge in [0.15, 0.2) is 4.34 Å². The fourth-order valence-corrected chi connectivity index (χ4v) is 5.32. The van der Waals surface area contributed by atoms with Crippen molar-refractivity contribution in [3.8, 4) is 11.5 Å². The second-order valence-electron chi connectivity index (χ2n) is 5.98. The van der Waals surface area contributed by atoms with Crippen molar-refractivity contribution in [2.45, 2.75) is 30.6 Å². The minimum atomic E-state index is -3.82. The number of carbonyl (C=O) groups is 1. The van der Waals surface area contributed by atoms with Gasteiger partial charge in [-0.2, -0.15) is 0 Å². The summed E-state index contributed by atoms with van der Waals surface area (Å²) >= 11 is 2.79. The maximum Gasteiger partial charge on any atom is 0.249 e. The van der Waals surface area contributed by atoms with Crippen LogP contribution in [0.4, 0.5) is 10.8 Å². The van der Waals surface area contributed by atoms with E-state index in [0.29, 0.717) is 16.6 Å². The molecular formula is C17H24N4O5S3. The van der Waals surface area contributed by atoms with Crippen LogP contribution in [0, 0.1) is 0 Å². The predicted octanol–water partition coefficient (Wildman–Crippen LogP) is 2.85. The average molecular weight is 461 g/mol. The van der Waals surface area contributed by atoms with Gasteiger partial charge in [-0.3, -0.25) is 14.4 Å². The summed E-state index contributed by atoms with van der Waals surface area (Å²) in [7, 11) is -0.926. The van der Waals surface area contributed by atoms with Crippen LogP contribution in [0.15, 0.2) is 22.5 Å². The number of hydrogen-bond acceptors (Lipinski definition) is 9. The lowest BCUT2D eigenvalue weighted by molar-refractivity contribution is -0.116. The molecule has 12 heteroatoms. The van der Waals surface area contributed by atoms with Crippen molar-refractivity contribution in [2.75, 3.05) is 35.9 Å². The molecule has 0 aliphatic carbocycles. The normalized spacial score (nSPS) is 12.3. The molecular weight excluding hydrogens is 436 g/mol. The zero-order chi connectivity index (χ0) is 21.6. The van der Waals surface area contributed by atoms with Crippen molar-refractivity contribution in [3.05, 3.63) is 18.2 Å². The van der Waals surface area contributed by atoms with Gasteiger partial charge in [0.2, 0.25) is 21.1 Å². The van der Waals surface area contributed by atoms with Crippen molar-refractivity contribution >= 4 is 49.8 Å². The molecule has 0 saturated carbocycles. The maximum absolute atomic E-state index is 12.8. The van der Waals surface area contributed by atoms with Gasteiger partial charge in [0.1, 0.15) is 17.5 Å². The number of rotatable bonds is 10. The van der Waals surface area contributed by atoms with E-state index in [0.717, 1.165) is 27.1 Å². The predicted molar refractivity (Wildman–Crippen MR) is 116 cm³/mol. The quantitative estimate of drug-likeness (QED) is 0.426. The van der Waals surface area contributed by atoms with Gasteiger partial charge in [-0.25, -0.2) is 8.42 Å². The molecule has 0 bridgehead atoms. The van der Waals surface area contributed by atoms with Gasteiger partial charge in [-0.1, -0.05) is 30.0 Å². The van der Waals surface area contributed by atoms with E-state index >= 15 is 0 Å². The summed E-state index contributed by atoms with van der Waals surface area (Å²) in [6, 6.07) is 3.67. The fourth-order valence-electron chi connectivity index (χ4n) is 2.47. The minimum Gasteiger partial charge on any atom is -0.497 e. The lowest BCUT2D eigenvalue weighted by atomic mass is 10.2. The number of sulfonamides is 1. The first-order valence-corrected chi connectivity index (χ1v) is 12.3. The van der Waals surface area contributed by atoms with Crippen molar-refractivity contribution in [1.82, 2.24) is 10.2 Å². The Morgan fingerprint density at radius 2 is 2.03 bits per heavy atom. The molecule has 29 heavy (non-hydrogen) atoms. The second-order valence-corrected chi connectivity index (χ2v) is 10.2. The van der Waals surface area contributed by atoms with Crippen molar-refractivity contribution < 1.29 is 22.7 Å². The largest absolute Gasteiger partial charge is 0.497 e. The second kappa shape index (κ2) is 10.1. The third-order valence-electron chi connectivity index (χ3n) is 3.78. The number of amides is 1. The monoisotopic (exact) mass is 460 g/mol. The maximum atomic E-state index is 12.8. The Morgan fingerprint density at radius 1 is 1.31 bits per heavy atom. The van der Waals surface area contributed by atoms with Gasteiger partial charge in [-0.05, 0) is 25.5 Å². The van der Waals surface area contributed by atoms with Gasteiger partial charge < -0.3 is 9.47 Å². The summed E-state index contributed by atoms with van der Waals surface area (Å²) in [6.45, 7) is 3.55. The van der Waals surface area contributed by atoms with Crippen LogP contribution in [0.3, 0.4) is 0 Å². The molecule has 0 aliphatic heterocycles. The van der Waals surface area contributed by atoms with Crippen LogP contribution >= 0.6 is 23.1 Å². The van der Waals surface area contributed by atoms with E-state index in [4.69, 9.17) is 9.47 Å². The summed E-state index contributed by atoms with van der Waals surface area (Å²) in [5, 5.41) is 10.9. The van der Waals surface area contributed by atoms with E-state index in [2.05, 4.69) is 22.4 Å². The summed E-state index contributed by atoms with van der Waals surface area (Å²) < 4.78 is 37.3. The Morgan fingerprint density at radius 3 is 2.62 bits per heavy atom. The fraction of sp³-hybridized carbons (Fsp3) is 0.471. The summed E-state index contributed by atoms with van der Waals surface area (Å²) in [5.41, 5.74) is 0.202. The number of nitrogens with zero attached hydrogens (tertiary/aromatic N) is 3. The first kappa shape index (κ1) is 23.2. The van der Waals surface area contributed by atoms with E-state index < -0.39 is 22.0 Å². The van der Waals surface area contributed by atoms with Crippen LogP contribution < -0.4 is 19.1 Å². The Labute approximate surface area is 178 Å². The van der Waals surface area contributed by atoms with E-state index in [9.17, 15) is 13.2 Å². The number of thioether (sulfide) groups is 1. The molecule has 0 fully saturated rings. The molecule has 1 amide bonds. The van der Waals surface area contributed by atoms with Crippen LogP contribution in [-0.2, 0) is 14.8 Å². The smallest absolute Gasteiger partial charge is 0.249 e. The molecule has 0 saturated heterocycles. The SMILES string of the molecule is CCCSc1nnc(NC(=O)[C@H](C)N(c2cc(OC)ccc2OC)S(C)(=O)=O)s1. The molecule has 160 valence electrons. The molecule has 0 spiro atoms. The van der Waals surface area contributed by atoms with E-state index in [-0.39, 0.29) is 5.69 Å². The molecule has 1 N–H and O–H groups in total. The summed E-state index contributed by atoms with van der Waals surface area (Å²) in [6.07, 6.45) is 2.02. The zero-order valence-electron chi connectivity index (χ0n) is 16.8. The molecule has 1 atom stereocenters. The molecule has 0 radical (unpaired) electrons. The molecule has 2 rings (SSSR count). The number of anilines is 2. The number of aromatic nitrogens is 2. The minimum absolute atomic E-state index is 0.202. The Kier molecular flexibility index (Phi) is 8.11. The molecule has 1 heterocycles. The zero-order valence-corrected chi connectivity index (χ0v) is 19.3. The van der Waals surface area contributed by atoms with Gasteiger partial charge in [0, 0.05) is 11.8 Å². The van der Waals surface area contributed by atoms with E-state index in [1.54, 1.807) is 23.9 Å². The van der Waals surface area contributed by atoms with Gasteiger partial charge >= 0.3 is 0 Å². The molecule has 2 aromatic rings. The highest BCUT2D eigenvalue weighted by Gasteiger charge is 2.32. The highest BCUT2D eigenvalue weighted by molar-refractivity contribution is 8.01. The standard InChI is InChI=1S/C17H24N4O5S3/c1-6-9-27-17-20-19-16(28-17)18-15(22)11(2)21(29(5,23)24)13-10-12(25-3)7-8-14(13)26-4/h7-8,10-11H,6,9H2,1-5H3,(H,18,19,22)/t11-/m0/s1. The number of methoxy groups -OCH3 is 2. The molecule has 0 aliphatic rings. The highest BCUT2D eigenvalue weighted by atomic mass is 32.2. The van der Waals surface area contributed by atoms with E-state index in [1.807, 2.05) is 0 Å². The lowest BCUT2D eigenvalue weighted by Gasteiger charge is -2.29. The third kappa shape index (κ3) is 5.97. The topological polar surface area (TPSA) is 111 Å². The van der Waals surface area contributed by atoms with Gasteiger partial charge in [0.25, 0.3) is 0 Å². The number of carbonyl (C=O) groups excluding carboxylic acids is 1. The van der Waals surface area contributed by atoms with Crippen LogP contribution in [-0.4, -0.2) is 56.8 Å². The highest BCUT2D eigenvalue weighted by Crippen LogP contribution is 2.35. The Hall–Kier alpha value is -2.05. The Balaban J connectivity index is 2.31. The summed E-state index contributed by atoms with van der Waals surface area (Å²) in [4.78, 5) is 12.8. The van der Waals surface area contributed by atoms with Crippen molar-refractivity contribution in [1.29, 1.82) is 0 Å². The molecule has 1 aromatic heterocycles. The Bertz CT molecular complexity index is 948. The first-order chi connectivity index (χ1) is 13.7. The third-order valence-corrected chi connectivity index (χ3v) is 7.18. The van der Waals surface area contributed by atoms with Crippen LogP contribution in [0.2, 0.25) is 0 Å². The average Bonchev–Trinajstić information content (AvgIpc) is 3.12. The molecule has 9 nitrogen and oxygen atoms in total. The van der Waals surface area contributed by atoms with E-state index in [1.165, 1.54) is 38.5 Å². The number of ether oxygens (including phenoxy) is 2. The van der Waals surface area contributed by atoms with Crippen LogP contribution in [0.5, 0.6) is 11.5 Å². The van der Waals surface area contributed by atoms with Crippen LogP contribution in [0.1, 0.15) is 20.3 Å². The van der Waals surface area contributed by atoms with Crippen LogP contribution in [0.25, 0.3) is 0 Å². The number of nitrogens with one attached hydrogen (secondary N) is 1. The first-order valence-electron chi connectivity index (χ1n) is 8.69. The molecule has 1 aromatic carbocycles. The van der Waals surface area contributed by atoms with Gasteiger partial charge in [-0.15, -0.1) is 10.2 Å². The number of benzene rings is 1.